The van der Waals surface area contributed by atoms with Gasteiger partial charge in [0.1, 0.15) is 18.6 Å². The molecule has 4 saturated heterocycles. The van der Waals surface area contributed by atoms with Crippen LogP contribution in [0.4, 0.5) is 0 Å². The summed E-state index contributed by atoms with van der Waals surface area (Å²) in [6.07, 6.45) is 4.48. The average molecular weight is 573 g/mol. The smallest absolute Gasteiger partial charge is 0.353 e. The molecular weight excluding hydrogens is 536 g/mol. The maximum absolute atomic E-state index is 13.3. The first-order chi connectivity index (χ1) is 19.2. The molecule has 2 amide bonds. The summed E-state index contributed by atoms with van der Waals surface area (Å²) in [7, 11) is 0. The van der Waals surface area contributed by atoms with Gasteiger partial charge in [-0.05, 0) is 48.1 Å². The number of Topliss-reactive ketones (excluding diaryl/α,β-unsaturated/α-hetero) is 1. The minimum atomic E-state index is -1.11. The summed E-state index contributed by atoms with van der Waals surface area (Å²) in [5, 5.41) is 27.8. The van der Waals surface area contributed by atoms with Crippen molar-refractivity contribution in [3.05, 3.63) is 16.9 Å². The third-order valence-electron chi connectivity index (χ3n) is 9.28. The first-order valence-corrected chi connectivity index (χ1v) is 15.1. The standard InChI is InChI=1S/C26H36N8O5S/c1-13(6-16(35)10-33-12-29-30-31-33)20-21-14(2)23(22(26(38)39)34(21)25(20)37)40-17-7-18(28-8-17)24(36)32-9-15-4-3-5-27-19(15)11-32/h12-15,17-21,27-28H,3-11H2,1-2H3,(H,38,39)/t13-,14+,15?,17-,18?,19?,20+,21+/m0/s1. The van der Waals surface area contributed by atoms with Gasteiger partial charge < -0.3 is 25.5 Å². The number of tetrazole rings is 1. The number of β-lactam (4-membered cyclic amide) rings is 1. The fraction of sp³-hybridized carbons (Fsp3) is 0.731. The highest BCUT2D eigenvalue weighted by Crippen LogP contribution is 2.53. The predicted molar refractivity (Wildman–Crippen MR) is 143 cm³/mol. The zero-order valence-electron chi connectivity index (χ0n) is 22.7. The number of hydrogen-bond acceptors (Lipinski definition) is 10. The topological polar surface area (TPSA) is 163 Å². The van der Waals surface area contributed by atoms with E-state index in [2.05, 4.69) is 26.2 Å². The van der Waals surface area contributed by atoms with Crippen molar-refractivity contribution in [2.45, 2.75) is 69.5 Å². The second-order valence-electron chi connectivity index (χ2n) is 11.9. The van der Waals surface area contributed by atoms with E-state index in [1.165, 1.54) is 27.7 Å². The average Bonchev–Trinajstić information content (AvgIpc) is 3.71. The van der Waals surface area contributed by atoms with Crippen molar-refractivity contribution in [2.75, 3.05) is 26.2 Å². The highest BCUT2D eigenvalue weighted by atomic mass is 32.2. The summed E-state index contributed by atoms with van der Waals surface area (Å²) in [6, 6.07) is -0.177. The lowest BCUT2D eigenvalue weighted by molar-refractivity contribution is -0.160. The van der Waals surface area contributed by atoms with Crippen LogP contribution in [0.3, 0.4) is 0 Å². The molecule has 6 heterocycles. The van der Waals surface area contributed by atoms with Crippen LogP contribution < -0.4 is 10.6 Å². The van der Waals surface area contributed by atoms with Crippen LogP contribution >= 0.6 is 11.8 Å². The van der Waals surface area contributed by atoms with Crippen molar-refractivity contribution in [3.8, 4) is 0 Å². The summed E-state index contributed by atoms with van der Waals surface area (Å²) in [5.74, 6) is -1.62. The van der Waals surface area contributed by atoms with E-state index >= 15 is 0 Å². The van der Waals surface area contributed by atoms with E-state index in [-0.39, 0.29) is 65.4 Å². The molecule has 1 aromatic heterocycles. The van der Waals surface area contributed by atoms with Crippen LogP contribution in [0.1, 0.15) is 39.5 Å². The van der Waals surface area contributed by atoms with Crippen LogP contribution in [-0.2, 0) is 25.7 Å². The maximum atomic E-state index is 13.3. The number of carbonyl (C=O) groups is 4. The van der Waals surface area contributed by atoms with Crippen LogP contribution in [0.15, 0.2) is 16.9 Å². The third kappa shape index (κ3) is 4.83. The number of ketones is 1. The van der Waals surface area contributed by atoms with Crippen LogP contribution in [0.5, 0.6) is 0 Å². The van der Waals surface area contributed by atoms with E-state index in [9.17, 15) is 24.3 Å². The Morgan fingerprint density at radius 1 is 1.25 bits per heavy atom. The number of aromatic nitrogens is 4. The van der Waals surface area contributed by atoms with Gasteiger partial charge in [0.25, 0.3) is 0 Å². The molecular formula is C26H36N8O5S. The minimum absolute atomic E-state index is 0.0335. The molecule has 3 unspecified atom stereocenters. The molecule has 5 aliphatic heterocycles. The molecule has 0 saturated carbocycles. The highest BCUT2D eigenvalue weighted by Gasteiger charge is 2.60. The van der Waals surface area contributed by atoms with E-state index in [4.69, 9.17) is 0 Å². The number of rotatable bonds is 9. The fourth-order valence-corrected chi connectivity index (χ4v) is 8.84. The first-order valence-electron chi connectivity index (χ1n) is 14.2. The van der Waals surface area contributed by atoms with Gasteiger partial charge in [-0.3, -0.25) is 14.4 Å². The van der Waals surface area contributed by atoms with Crippen molar-refractivity contribution in [2.24, 2.45) is 23.7 Å². The molecule has 4 fully saturated rings. The van der Waals surface area contributed by atoms with Crippen LogP contribution in [0.25, 0.3) is 0 Å². The maximum Gasteiger partial charge on any atom is 0.353 e. The minimum Gasteiger partial charge on any atom is -0.477 e. The molecule has 8 atom stereocenters. The number of aliphatic carboxylic acids is 1. The molecule has 216 valence electrons. The fourth-order valence-electron chi connectivity index (χ4n) is 7.36. The lowest BCUT2D eigenvalue weighted by Gasteiger charge is -2.47. The summed E-state index contributed by atoms with van der Waals surface area (Å²) in [5.41, 5.74) is 0.0560. The van der Waals surface area contributed by atoms with Gasteiger partial charge in [0.05, 0.1) is 18.0 Å². The zero-order valence-corrected chi connectivity index (χ0v) is 23.5. The Kier molecular flexibility index (Phi) is 7.42. The number of nitrogens with zero attached hydrogens (tertiary/aromatic N) is 6. The van der Waals surface area contributed by atoms with Gasteiger partial charge >= 0.3 is 5.97 Å². The molecule has 5 aliphatic rings. The molecule has 3 N–H and O–H groups in total. The number of amides is 2. The van der Waals surface area contributed by atoms with Crippen LogP contribution in [-0.4, -0.2) is 108 Å². The molecule has 0 radical (unpaired) electrons. The summed E-state index contributed by atoms with van der Waals surface area (Å²) in [6.45, 7) is 7.04. The van der Waals surface area contributed by atoms with Crippen LogP contribution in [0, 0.1) is 23.7 Å². The Morgan fingerprint density at radius 3 is 2.80 bits per heavy atom. The first kappa shape index (κ1) is 27.3. The molecule has 13 nitrogen and oxygen atoms in total. The number of carboxylic acid groups (broad SMARTS) is 1. The van der Waals surface area contributed by atoms with Crippen molar-refractivity contribution < 1.29 is 24.3 Å². The molecule has 0 aromatic carbocycles. The Hall–Kier alpha value is -2.84. The van der Waals surface area contributed by atoms with Gasteiger partial charge in [-0.2, -0.15) is 0 Å². The van der Waals surface area contributed by atoms with Crippen molar-refractivity contribution in [1.82, 2.24) is 40.6 Å². The monoisotopic (exact) mass is 572 g/mol. The van der Waals surface area contributed by atoms with Crippen molar-refractivity contribution in [3.63, 3.8) is 0 Å². The Balaban J connectivity index is 1.08. The van der Waals surface area contributed by atoms with E-state index < -0.39 is 11.9 Å². The number of thioether (sulfide) groups is 1. The van der Waals surface area contributed by atoms with Gasteiger partial charge in [0.15, 0.2) is 5.78 Å². The molecule has 0 bridgehead atoms. The predicted octanol–water partition coefficient (Wildman–Crippen LogP) is -0.285. The van der Waals surface area contributed by atoms with Gasteiger partial charge in [-0.1, -0.05) is 13.8 Å². The summed E-state index contributed by atoms with van der Waals surface area (Å²) < 4.78 is 1.35. The number of piperidine rings is 1. The van der Waals surface area contributed by atoms with E-state index in [1.807, 2.05) is 18.7 Å². The van der Waals surface area contributed by atoms with Crippen molar-refractivity contribution >= 4 is 35.3 Å². The molecule has 1 aromatic rings. The van der Waals surface area contributed by atoms with Crippen molar-refractivity contribution in [1.29, 1.82) is 0 Å². The van der Waals surface area contributed by atoms with E-state index in [0.29, 0.717) is 29.8 Å². The van der Waals surface area contributed by atoms with E-state index in [0.717, 1.165) is 32.5 Å². The van der Waals surface area contributed by atoms with Gasteiger partial charge in [0, 0.05) is 48.2 Å². The summed E-state index contributed by atoms with van der Waals surface area (Å²) >= 11 is 1.49. The normalized spacial score (nSPS) is 34.0. The third-order valence-corrected chi connectivity index (χ3v) is 10.8. The molecule has 0 spiro atoms. The Morgan fingerprint density at radius 2 is 2.08 bits per heavy atom. The number of carbonyl (C=O) groups excluding carboxylic acids is 3. The number of likely N-dealkylation sites (tertiary alicyclic amines) is 1. The Bertz CT molecular complexity index is 1210. The van der Waals surface area contributed by atoms with Gasteiger partial charge in [-0.25, -0.2) is 9.48 Å². The lowest BCUT2D eigenvalue weighted by atomic mass is 9.73. The largest absolute Gasteiger partial charge is 0.477 e. The van der Waals surface area contributed by atoms with Crippen LogP contribution in [0.2, 0.25) is 0 Å². The number of fused-ring (bicyclic) bond motifs is 2. The zero-order chi connectivity index (χ0) is 28.1. The number of nitrogens with one attached hydrogen (secondary N) is 2. The SMILES string of the molecule is C[C@@H](CC(=O)Cn1cnnn1)[C@H]1C(=O)N2C(C(=O)O)=C(S[C@@H]3CNC(C(=O)N4CC5CCCNC5C4)C3)[C@H](C)[C@H]12. The Labute approximate surface area is 236 Å². The second-order valence-corrected chi connectivity index (χ2v) is 13.2. The highest BCUT2D eigenvalue weighted by molar-refractivity contribution is 8.03. The van der Waals surface area contributed by atoms with Gasteiger partial charge in [0.2, 0.25) is 11.8 Å². The van der Waals surface area contributed by atoms with E-state index in [1.54, 1.807) is 0 Å². The quantitative estimate of drug-likeness (QED) is 0.334. The molecule has 14 heteroatoms. The second kappa shape index (κ2) is 10.9. The summed E-state index contributed by atoms with van der Waals surface area (Å²) in [4.78, 5) is 55.5. The number of carboxylic acids is 1. The molecule has 0 aliphatic carbocycles. The van der Waals surface area contributed by atoms with Gasteiger partial charge in [-0.15, -0.1) is 16.9 Å². The molecule has 6 rings (SSSR count). The lowest BCUT2D eigenvalue weighted by Crippen LogP contribution is -2.62. The number of hydrogen-bond donors (Lipinski definition) is 3. The molecule has 40 heavy (non-hydrogen) atoms.